The minimum absolute atomic E-state index is 0.150. The Kier molecular flexibility index (Phi) is 1.63. The van der Waals surface area contributed by atoms with Gasteiger partial charge >= 0.3 is 0 Å². The molecule has 1 aliphatic rings. The van der Waals surface area contributed by atoms with Gasteiger partial charge in [-0.15, -0.1) is 11.6 Å². The third-order valence-electron chi connectivity index (χ3n) is 2.01. The molecule has 0 aliphatic carbocycles. The molecule has 1 aliphatic heterocycles. The zero-order chi connectivity index (χ0) is 7.73. The molecule has 58 valence electrons. The molecule has 1 heterocycles. The molecular weight excluding hydrogens is 160 g/mol. The first-order valence-corrected chi connectivity index (χ1v) is 4.16. The van der Waals surface area contributed by atoms with Gasteiger partial charge < -0.3 is 4.74 Å². The fourth-order valence-electron chi connectivity index (χ4n) is 1.15. The third kappa shape index (κ3) is 1.15. The second-order valence-corrected chi connectivity index (χ2v) is 3.05. The van der Waals surface area contributed by atoms with E-state index in [-0.39, 0.29) is 5.60 Å². The van der Waals surface area contributed by atoms with Crippen LogP contribution < -0.4 is 0 Å². The van der Waals surface area contributed by atoms with Gasteiger partial charge in [-0.2, -0.15) is 0 Å². The molecule has 2 heteroatoms. The van der Waals surface area contributed by atoms with Gasteiger partial charge in [-0.25, -0.2) is 0 Å². The van der Waals surface area contributed by atoms with Crippen LogP contribution in [0.4, 0.5) is 0 Å². The lowest BCUT2D eigenvalue weighted by molar-refractivity contribution is 0.332. The number of halogens is 1. The summed E-state index contributed by atoms with van der Waals surface area (Å²) in [4.78, 5) is 0. The van der Waals surface area contributed by atoms with E-state index in [9.17, 15) is 0 Å². The largest absolute Gasteiger partial charge is 0.363 e. The molecule has 1 saturated heterocycles. The van der Waals surface area contributed by atoms with Crippen LogP contribution in [-0.4, -0.2) is 12.5 Å². The van der Waals surface area contributed by atoms with Crippen molar-refractivity contribution in [1.82, 2.24) is 0 Å². The molecule has 11 heavy (non-hydrogen) atoms. The number of ether oxygens (including phenoxy) is 1. The summed E-state index contributed by atoms with van der Waals surface area (Å²) < 4.78 is 5.30. The molecule has 1 atom stereocenters. The van der Waals surface area contributed by atoms with Crippen molar-refractivity contribution in [2.75, 3.05) is 12.5 Å². The number of benzene rings is 1. The summed E-state index contributed by atoms with van der Waals surface area (Å²) in [5.74, 6) is 0.553. The number of rotatable bonds is 2. The number of alkyl halides is 1. The standard InChI is InChI=1S/C9H9ClO/c10-6-9(7-11-9)8-4-2-1-3-5-8/h1-5H,6-7H2. The maximum absolute atomic E-state index is 5.77. The maximum Gasteiger partial charge on any atom is 0.130 e. The molecule has 2 rings (SSSR count). The molecule has 0 saturated carbocycles. The zero-order valence-electron chi connectivity index (χ0n) is 6.09. The fraction of sp³-hybridized carbons (Fsp3) is 0.333. The quantitative estimate of drug-likeness (QED) is 0.487. The van der Waals surface area contributed by atoms with E-state index in [1.165, 1.54) is 5.56 Å². The normalized spacial score (nSPS) is 28.5. The highest BCUT2D eigenvalue weighted by molar-refractivity contribution is 6.18. The molecule has 0 amide bonds. The second kappa shape index (κ2) is 2.50. The lowest BCUT2D eigenvalue weighted by Crippen LogP contribution is -2.09. The highest BCUT2D eigenvalue weighted by Gasteiger charge is 2.45. The third-order valence-corrected chi connectivity index (χ3v) is 2.44. The monoisotopic (exact) mass is 168 g/mol. The first-order valence-electron chi connectivity index (χ1n) is 3.63. The first-order chi connectivity index (χ1) is 5.37. The Balaban J connectivity index is 2.30. The summed E-state index contributed by atoms with van der Waals surface area (Å²) in [6, 6.07) is 10.1. The summed E-state index contributed by atoms with van der Waals surface area (Å²) >= 11 is 5.77. The van der Waals surface area contributed by atoms with Gasteiger partial charge in [-0.05, 0) is 5.56 Å². The van der Waals surface area contributed by atoms with Gasteiger partial charge in [0, 0.05) is 0 Å². The molecule has 0 aromatic heterocycles. The Morgan fingerprint density at radius 2 is 2.00 bits per heavy atom. The molecule has 0 radical (unpaired) electrons. The molecule has 1 unspecified atom stereocenters. The van der Waals surface area contributed by atoms with Crippen molar-refractivity contribution >= 4 is 11.6 Å². The van der Waals surface area contributed by atoms with E-state index in [0.29, 0.717) is 5.88 Å². The molecule has 0 spiro atoms. The summed E-state index contributed by atoms with van der Waals surface area (Å²) in [5, 5.41) is 0. The number of epoxide rings is 1. The van der Waals surface area contributed by atoms with Crippen molar-refractivity contribution in [2.45, 2.75) is 5.60 Å². The van der Waals surface area contributed by atoms with E-state index in [4.69, 9.17) is 16.3 Å². The molecule has 0 bridgehead atoms. The zero-order valence-corrected chi connectivity index (χ0v) is 6.84. The van der Waals surface area contributed by atoms with E-state index < -0.39 is 0 Å². The van der Waals surface area contributed by atoms with Crippen LogP contribution >= 0.6 is 11.6 Å². The van der Waals surface area contributed by atoms with Crippen molar-refractivity contribution in [2.24, 2.45) is 0 Å². The van der Waals surface area contributed by atoms with Gasteiger partial charge in [0.05, 0.1) is 12.5 Å². The lowest BCUT2D eigenvalue weighted by atomic mass is 10.0. The Bertz CT molecular complexity index is 241. The first kappa shape index (κ1) is 7.14. The van der Waals surface area contributed by atoms with Crippen LogP contribution in [0.1, 0.15) is 5.56 Å². The van der Waals surface area contributed by atoms with Gasteiger partial charge in [0.15, 0.2) is 0 Å². The number of hydrogen-bond acceptors (Lipinski definition) is 1. The molecular formula is C9H9ClO. The van der Waals surface area contributed by atoms with Crippen molar-refractivity contribution in [1.29, 1.82) is 0 Å². The van der Waals surface area contributed by atoms with Crippen LogP contribution in [0.5, 0.6) is 0 Å². The van der Waals surface area contributed by atoms with E-state index >= 15 is 0 Å². The molecule has 1 fully saturated rings. The van der Waals surface area contributed by atoms with Crippen LogP contribution in [0.2, 0.25) is 0 Å². The van der Waals surface area contributed by atoms with Gasteiger partial charge in [-0.3, -0.25) is 0 Å². The summed E-state index contributed by atoms with van der Waals surface area (Å²) in [7, 11) is 0. The van der Waals surface area contributed by atoms with Crippen molar-refractivity contribution in [3.05, 3.63) is 35.9 Å². The molecule has 1 aromatic carbocycles. The Morgan fingerprint density at radius 1 is 1.36 bits per heavy atom. The average molecular weight is 169 g/mol. The average Bonchev–Trinajstić information content (AvgIpc) is 2.86. The summed E-state index contributed by atoms with van der Waals surface area (Å²) in [6.07, 6.45) is 0. The molecule has 1 nitrogen and oxygen atoms in total. The van der Waals surface area contributed by atoms with Crippen LogP contribution in [0.3, 0.4) is 0 Å². The van der Waals surface area contributed by atoms with E-state index in [1.807, 2.05) is 18.2 Å². The van der Waals surface area contributed by atoms with Crippen LogP contribution in [-0.2, 0) is 10.3 Å². The maximum atomic E-state index is 5.77. The van der Waals surface area contributed by atoms with Crippen LogP contribution in [0.25, 0.3) is 0 Å². The smallest absolute Gasteiger partial charge is 0.130 e. The van der Waals surface area contributed by atoms with Gasteiger partial charge in [0.25, 0.3) is 0 Å². The highest BCUT2D eigenvalue weighted by Crippen LogP contribution is 2.39. The Labute approximate surface area is 70.9 Å². The van der Waals surface area contributed by atoms with Gasteiger partial charge in [0.1, 0.15) is 5.60 Å². The van der Waals surface area contributed by atoms with Crippen LogP contribution in [0.15, 0.2) is 30.3 Å². The predicted molar refractivity (Wildman–Crippen MR) is 44.8 cm³/mol. The topological polar surface area (TPSA) is 12.5 Å². The second-order valence-electron chi connectivity index (χ2n) is 2.78. The van der Waals surface area contributed by atoms with Gasteiger partial charge in [0.2, 0.25) is 0 Å². The lowest BCUT2D eigenvalue weighted by Gasteiger charge is -2.06. The molecule has 0 N–H and O–H groups in total. The van der Waals surface area contributed by atoms with Crippen LogP contribution in [0, 0.1) is 0 Å². The minimum Gasteiger partial charge on any atom is -0.363 e. The number of hydrogen-bond donors (Lipinski definition) is 0. The minimum atomic E-state index is -0.150. The van der Waals surface area contributed by atoms with E-state index in [2.05, 4.69) is 12.1 Å². The van der Waals surface area contributed by atoms with Crippen molar-refractivity contribution in [3.63, 3.8) is 0 Å². The van der Waals surface area contributed by atoms with Gasteiger partial charge in [-0.1, -0.05) is 30.3 Å². The summed E-state index contributed by atoms with van der Waals surface area (Å²) in [5.41, 5.74) is 1.04. The molecule has 1 aromatic rings. The predicted octanol–water partition coefficient (Wildman–Crippen LogP) is 2.15. The van der Waals surface area contributed by atoms with Crippen molar-refractivity contribution in [3.8, 4) is 0 Å². The van der Waals surface area contributed by atoms with Crippen molar-refractivity contribution < 1.29 is 4.74 Å². The fourth-order valence-corrected chi connectivity index (χ4v) is 1.46. The Hall–Kier alpha value is -0.530. The Morgan fingerprint density at radius 3 is 2.45 bits per heavy atom. The van der Waals surface area contributed by atoms with E-state index in [1.54, 1.807) is 0 Å². The van der Waals surface area contributed by atoms with E-state index in [0.717, 1.165) is 6.61 Å². The SMILES string of the molecule is ClCC1(c2ccccc2)CO1. The highest BCUT2D eigenvalue weighted by atomic mass is 35.5. The summed E-state index contributed by atoms with van der Waals surface area (Å²) in [6.45, 7) is 0.764.